The van der Waals surface area contributed by atoms with Crippen LogP contribution in [-0.4, -0.2) is 22.2 Å². The SMILES string of the molecule is O=C(O)C#CC#CC(=O)O. The molecule has 0 aliphatic carbocycles. The van der Waals surface area contributed by atoms with E-state index in [4.69, 9.17) is 10.2 Å². The van der Waals surface area contributed by atoms with Crippen LogP contribution in [0.25, 0.3) is 0 Å². The summed E-state index contributed by atoms with van der Waals surface area (Å²) in [5.74, 6) is 4.24. The summed E-state index contributed by atoms with van der Waals surface area (Å²) in [6.07, 6.45) is 0. The van der Waals surface area contributed by atoms with E-state index in [1.165, 1.54) is 0 Å². The van der Waals surface area contributed by atoms with Gasteiger partial charge in [-0.3, -0.25) is 0 Å². The predicted molar refractivity (Wildman–Crippen MR) is 30.8 cm³/mol. The molecule has 0 aliphatic rings. The summed E-state index contributed by atoms with van der Waals surface area (Å²) in [6, 6.07) is 0. The van der Waals surface area contributed by atoms with Gasteiger partial charge < -0.3 is 10.2 Å². The van der Waals surface area contributed by atoms with Crippen molar-refractivity contribution in [3.8, 4) is 23.7 Å². The summed E-state index contributed by atoms with van der Waals surface area (Å²) in [6.45, 7) is 0. The second kappa shape index (κ2) is 3.99. The van der Waals surface area contributed by atoms with Crippen LogP contribution in [0.1, 0.15) is 0 Å². The molecule has 0 radical (unpaired) electrons. The number of carbonyl (C=O) groups is 2. The van der Waals surface area contributed by atoms with Crippen molar-refractivity contribution in [1.29, 1.82) is 0 Å². The molecule has 10 heavy (non-hydrogen) atoms. The molecule has 0 saturated heterocycles. The van der Waals surface area contributed by atoms with Crippen molar-refractivity contribution in [3.05, 3.63) is 0 Å². The predicted octanol–water partition coefficient (Wildman–Crippen LogP) is -0.838. The molecule has 2 N–H and O–H groups in total. The number of carboxylic acids is 2. The number of rotatable bonds is 0. The number of hydrogen-bond acceptors (Lipinski definition) is 2. The first-order valence-electron chi connectivity index (χ1n) is 2.11. The van der Waals surface area contributed by atoms with E-state index in [0.717, 1.165) is 0 Å². The van der Waals surface area contributed by atoms with Gasteiger partial charge in [-0.15, -0.1) is 0 Å². The van der Waals surface area contributed by atoms with E-state index in [0.29, 0.717) is 0 Å². The molecule has 0 aromatic carbocycles. The van der Waals surface area contributed by atoms with E-state index < -0.39 is 11.9 Å². The first-order valence-corrected chi connectivity index (χ1v) is 2.11. The molecule has 0 atom stereocenters. The average Bonchev–Trinajstić information content (AvgIpc) is 1.79. The van der Waals surface area contributed by atoms with Gasteiger partial charge in [0, 0.05) is 11.8 Å². The topological polar surface area (TPSA) is 74.6 Å². The molecule has 0 bridgehead atoms. The second-order valence-electron chi connectivity index (χ2n) is 1.11. The fraction of sp³-hybridized carbons (Fsp3) is 0. The maximum Gasteiger partial charge on any atom is 0.382 e. The van der Waals surface area contributed by atoms with Gasteiger partial charge in [0.1, 0.15) is 0 Å². The molecule has 0 aromatic heterocycles. The van der Waals surface area contributed by atoms with Gasteiger partial charge in [-0.1, -0.05) is 0 Å². The van der Waals surface area contributed by atoms with Crippen molar-refractivity contribution in [2.75, 3.05) is 0 Å². The zero-order valence-electron chi connectivity index (χ0n) is 4.71. The van der Waals surface area contributed by atoms with Gasteiger partial charge in [0.05, 0.1) is 0 Å². The zero-order valence-corrected chi connectivity index (χ0v) is 4.71. The summed E-state index contributed by atoms with van der Waals surface area (Å²) in [7, 11) is 0. The summed E-state index contributed by atoms with van der Waals surface area (Å²) in [4.78, 5) is 19.3. The highest BCUT2D eigenvalue weighted by Gasteiger charge is 1.81. The molecule has 0 unspecified atom stereocenters. The van der Waals surface area contributed by atoms with Crippen molar-refractivity contribution >= 4 is 11.9 Å². The fourth-order valence-electron chi connectivity index (χ4n) is 0.169. The molecule has 0 aliphatic heterocycles. The van der Waals surface area contributed by atoms with Crippen LogP contribution >= 0.6 is 0 Å². The smallest absolute Gasteiger partial charge is 0.382 e. The third kappa shape index (κ3) is 6.06. The van der Waals surface area contributed by atoms with Crippen molar-refractivity contribution in [1.82, 2.24) is 0 Å². The van der Waals surface area contributed by atoms with E-state index in [9.17, 15) is 9.59 Å². The van der Waals surface area contributed by atoms with Crippen LogP contribution in [0.4, 0.5) is 0 Å². The highest BCUT2D eigenvalue weighted by atomic mass is 16.4. The third-order valence-corrected chi connectivity index (χ3v) is 0.401. The molecule has 0 fully saturated rings. The van der Waals surface area contributed by atoms with Crippen LogP contribution in [0, 0.1) is 23.7 Å². The Morgan fingerprint density at radius 3 is 1.40 bits per heavy atom. The van der Waals surface area contributed by atoms with Gasteiger partial charge >= 0.3 is 11.9 Å². The summed E-state index contributed by atoms with van der Waals surface area (Å²) < 4.78 is 0. The second-order valence-corrected chi connectivity index (χ2v) is 1.11. The normalized spacial score (nSPS) is 6.00. The highest BCUT2D eigenvalue weighted by molar-refractivity contribution is 5.89. The number of hydrogen-bond donors (Lipinski definition) is 2. The first-order chi connectivity index (χ1) is 4.63. The molecule has 4 nitrogen and oxygen atoms in total. The molecule has 0 amide bonds. The molecule has 0 heterocycles. The van der Waals surface area contributed by atoms with Crippen LogP contribution in [0.3, 0.4) is 0 Å². The Morgan fingerprint density at radius 1 is 0.900 bits per heavy atom. The lowest BCUT2D eigenvalue weighted by atomic mass is 10.5. The largest absolute Gasteiger partial charge is 0.472 e. The van der Waals surface area contributed by atoms with Gasteiger partial charge in [0.2, 0.25) is 0 Å². The Hall–Kier alpha value is -1.94. The number of aliphatic carboxylic acids is 2. The Bertz CT molecular complexity index is 238. The summed E-state index contributed by atoms with van der Waals surface area (Å²) in [5, 5.41) is 15.8. The fourth-order valence-corrected chi connectivity index (χ4v) is 0.169. The van der Waals surface area contributed by atoms with Gasteiger partial charge in [-0.05, 0) is 11.8 Å². The Balaban J connectivity index is 4.03. The minimum Gasteiger partial charge on any atom is -0.472 e. The van der Waals surface area contributed by atoms with Gasteiger partial charge in [-0.25, -0.2) is 9.59 Å². The van der Waals surface area contributed by atoms with Crippen LogP contribution in [0.5, 0.6) is 0 Å². The van der Waals surface area contributed by atoms with Gasteiger partial charge in [0.25, 0.3) is 0 Å². The molecule has 0 aromatic rings. The Labute approximate surface area is 56.5 Å². The summed E-state index contributed by atoms with van der Waals surface area (Å²) >= 11 is 0. The van der Waals surface area contributed by atoms with E-state index in [1.54, 1.807) is 11.8 Å². The van der Waals surface area contributed by atoms with Gasteiger partial charge in [0.15, 0.2) is 0 Å². The average molecular weight is 138 g/mol. The van der Waals surface area contributed by atoms with Crippen molar-refractivity contribution in [3.63, 3.8) is 0 Å². The number of carboxylic acid groups (broad SMARTS) is 2. The van der Waals surface area contributed by atoms with E-state index in [-0.39, 0.29) is 0 Å². The third-order valence-electron chi connectivity index (χ3n) is 0.401. The molecule has 0 saturated carbocycles. The summed E-state index contributed by atoms with van der Waals surface area (Å²) in [5.41, 5.74) is 0. The van der Waals surface area contributed by atoms with Gasteiger partial charge in [-0.2, -0.15) is 0 Å². The van der Waals surface area contributed by atoms with E-state index in [2.05, 4.69) is 0 Å². The molecule has 0 rings (SSSR count). The lowest BCUT2D eigenvalue weighted by molar-refractivity contribution is -0.131. The van der Waals surface area contributed by atoms with Crippen LogP contribution in [0.2, 0.25) is 0 Å². The van der Waals surface area contributed by atoms with E-state index in [1.807, 2.05) is 11.8 Å². The lowest BCUT2D eigenvalue weighted by Crippen LogP contribution is -1.87. The Kier molecular flexibility index (Phi) is 3.22. The maximum atomic E-state index is 9.66. The van der Waals surface area contributed by atoms with Crippen molar-refractivity contribution in [2.45, 2.75) is 0 Å². The van der Waals surface area contributed by atoms with Crippen LogP contribution in [-0.2, 0) is 9.59 Å². The quantitative estimate of drug-likeness (QED) is 0.428. The van der Waals surface area contributed by atoms with Crippen LogP contribution < -0.4 is 0 Å². The molecule has 50 valence electrons. The Morgan fingerprint density at radius 2 is 1.20 bits per heavy atom. The minimum atomic E-state index is -1.33. The molecular weight excluding hydrogens is 136 g/mol. The van der Waals surface area contributed by atoms with E-state index >= 15 is 0 Å². The highest BCUT2D eigenvalue weighted by Crippen LogP contribution is 1.58. The lowest BCUT2D eigenvalue weighted by Gasteiger charge is -1.66. The molecule has 4 heteroatoms. The minimum absolute atomic E-state index is 1.33. The standard InChI is InChI=1S/C6H2O4/c7-5(8)3-1-2-4-6(9)10/h(H,7,8)(H,9,10). The van der Waals surface area contributed by atoms with Crippen molar-refractivity contribution < 1.29 is 19.8 Å². The maximum absolute atomic E-state index is 9.66. The molecule has 0 spiro atoms. The van der Waals surface area contributed by atoms with Crippen molar-refractivity contribution in [2.24, 2.45) is 0 Å². The van der Waals surface area contributed by atoms with Crippen LogP contribution in [0.15, 0.2) is 0 Å². The first kappa shape index (κ1) is 8.06. The monoisotopic (exact) mass is 138 g/mol. The molecular formula is C6H2O4. The zero-order chi connectivity index (χ0) is 7.98.